The second kappa shape index (κ2) is 12.3. The van der Waals surface area contributed by atoms with E-state index >= 15 is 0 Å². The fourth-order valence-electron chi connectivity index (χ4n) is 5.51. The Morgan fingerprint density at radius 3 is 1.77 bits per heavy atom. The van der Waals surface area contributed by atoms with E-state index in [1.165, 1.54) is 5.06 Å². The number of piperidine rings is 1. The maximum Gasteiger partial charge on any atom is 0.525 e. The summed E-state index contributed by atoms with van der Waals surface area (Å²) in [5.41, 5.74) is 4.65. The molecule has 39 heavy (non-hydrogen) atoms. The predicted molar refractivity (Wildman–Crippen MR) is 149 cm³/mol. The Hall–Kier alpha value is -3.97. The molecule has 2 N–H and O–H groups in total. The fourth-order valence-corrected chi connectivity index (χ4v) is 5.51. The van der Waals surface area contributed by atoms with E-state index in [-0.39, 0.29) is 12.5 Å². The SMILES string of the molecule is O=C(O)ON1CCC(c2ccc(CCOC(c3ccccc3)(c3ccccc3)c3ccccc3)cc2)C(O)C1. The molecule has 1 saturated heterocycles. The van der Waals surface area contributed by atoms with E-state index in [4.69, 9.17) is 14.7 Å². The van der Waals surface area contributed by atoms with Crippen LogP contribution in [-0.4, -0.2) is 47.2 Å². The van der Waals surface area contributed by atoms with Crippen molar-refractivity contribution in [2.45, 2.75) is 30.5 Å². The van der Waals surface area contributed by atoms with Crippen LogP contribution in [0.3, 0.4) is 0 Å². The third kappa shape index (κ3) is 6.04. The fraction of sp³-hybridized carbons (Fsp3) is 0.242. The molecule has 2 atom stereocenters. The van der Waals surface area contributed by atoms with Crippen molar-refractivity contribution in [3.63, 3.8) is 0 Å². The van der Waals surface area contributed by atoms with E-state index < -0.39 is 17.9 Å². The number of ether oxygens (including phenoxy) is 1. The van der Waals surface area contributed by atoms with Crippen LogP contribution in [0.2, 0.25) is 0 Å². The van der Waals surface area contributed by atoms with E-state index in [1.54, 1.807) is 0 Å². The van der Waals surface area contributed by atoms with Gasteiger partial charge in [-0.25, -0.2) is 4.79 Å². The van der Waals surface area contributed by atoms with E-state index in [1.807, 2.05) is 54.6 Å². The largest absolute Gasteiger partial charge is 0.525 e. The minimum absolute atomic E-state index is 0.0640. The van der Waals surface area contributed by atoms with Crippen LogP contribution >= 0.6 is 0 Å². The highest BCUT2D eigenvalue weighted by Crippen LogP contribution is 2.40. The molecular weight excluding hydrogens is 490 g/mol. The molecule has 0 aliphatic carbocycles. The lowest BCUT2D eigenvalue weighted by Crippen LogP contribution is -2.43. The Bertz CT molecular complexity index is 1230. The standard InChI is InChI=1S/C33H33NO5/c35-31-24-34(39-32(36)37)22-20-30(31)26-18-16-25(17-19-26)21-23-38-33(27-10-4-1-5-11-27,28-12-6-2-7-13-28)29-14-8-3-9-15-29/h1-19,30-31,35H,20-24H2,(H,36,37). The molecule has 0 radical (unpaired) electrons. The maximum atomic E-state index is 10.8. The molecule has 200 valence electrons. The summed E-state index contributed by atoms with van der Waals surface area (Å²) >= 11 is 0. The van der Waals surface area contributed by atoms with E-state index in [2.05, 4.69) is 60.7 Å². The van der Waals surface area contributed by atoms with Gasteiger partial charge in [-0.05, 0) is 40.7 Å². The molecule has 0 spiro atoms. The van der Waals surface area contributed by atoms with Crippen molar-refractivity contribution in [3.05, 3.63) is 143 Å². The van der Waals surface area contributed by atoms with Crippen LogP contribution in [0.15, 0.2) is 115 Å². The highest BCUT2D eigenvalue weighted by molar-refractivity contribution is 5.56. The molecule has 1 fully saturated rings. The molecule has 1 heterocycles. The number of aliphatic hydroxyl groups excluding tert-OH is 1. The first-order valence-corrected chi connectivity index (χ1v) is 13.3. The molecule has 4 aromatic rings. The summed E-state index contributed by atoms with van der Waals surface area (Å²) in [7, 11) is 0. The van der Waals surface area contributed by atoms with Gasteiger partial charge in [-0.3, -0.25) is 0 Å². The summed E-state index contributed by atoms with van der Waals surface area (Å²) in [6.45, 7) is 1.11. The van der Waals surface area contributed by atoms with Crippen LogP contribution < -0.4 is 0 Å². The van der Waals surface area contributed by atoms with Gasteiger partial charge in [0.15, 0.2) is 0 Å². The van der Waals surface area contributed by atoms with Crippen LogP contribution in [0.4, 0.5) is 4.79 Å². The van der Waals surface area contributed by atoms with Gasteiger partial charge in [0, 0.05) is 12.5 Å². The van der Waals surface area contributed by atoms with E-state index in [0.29, 0.717) is 19.6 Å². The van der Waals surface area contributed by atoms with E-state index in [0.717, 1.165) is 34.2 Å². The molecule has 1 aliphatic rings. The van der Waals surface area contributed by atoms with Crippen LogP contribution in [0.25, 0.3) is 0 Å². The zero-order chi connectivity index (χ0) is 27.1. The van der Waals surface area contributed by atoms with Crippen molar-refractivity contribution in [2.24, 2.45) is 0 Å². The minimum Gasteiger partial charge on any atom is -0.448 e. The van der Waals surface area contributed by atoms with Crippen molar-refractivity contribution < 1.29 is 24.6 Å². The van der Waals surface area contributed by atoms with Crippen molar-refractivity contribution in [1.29, 1.82) is 0 Å². The highest BCUT2D eigenvalue weighted by atomic mass is 16.8. The quantitative estimate of drug-likeness (QED) is 0.262. The Balaban J connectivity index is 1.33. The highest BCUT2D eigenvalue weighted by Gasteiger charge is 2.37. The molecule has 5 rings (SSSR count). The molecular formula is C33H33NO5. The number of hydroxylamine groups is 2. The molecule has 0 saturated carbocycles. The van der Waals surface area contributed by atoms with Crippen LogP contribution in [0, 0.1) is 0 Å². The van der Waals surface area contributed by atoms with Gasteiger partial charge in [-0.1, -0.05) is 115 Å². The monoisotopic (exact) mass is 523 g/mol. The first-order valence-electron chi connectivity index (χ1n) is 13.3. The molecule has 6 nitrogen and oxygen atoms in total. The Morgan fingerprint density at radius 2 is 1.31 bits per heavy atom. The molecule has 2 unspecified atom stereocenters. The summed E-state index contributed by atoms with van der Waals surface area (Å²) < 4.78 is 6.89. The van der Waals surface area contributed by atoms with E-state index in [9.17, 15) is 9.90 Å². The number of hydrogen-bond donors (Lipinski definition) is 2. The van der Waals surface area contributed by atoms with Gasteiger partial charge in [0.1, 0.15) is 5.60 Å². The smallest absolute Gasteiger partial charge is 0.448 e. The van der Waals surface area contributed by atoms with Crippen LogP contribution in [0.1, 0.15) is 40.2 Å². The summed E-state index contributed by atoms with van der Waals surface area (Å²) in [4.78, 5) is 15.5. The molecule has 1 aliphatic heterocycles. The second-order valence-electron chi connectivity index (χ2n) is 9.83. The number of rotatable bonds is 9. The Kier molecular flexibility index (Phi) is 8.37. The summed E-state index contributed by atoms with van der Waals surface area (Å²) in [6.07, 6.45) is -0.717. The van der Waals surface area contributed by atoms with Crippen molar-refractivity contribution in [1.82, 2.24) is 5.06 Å². The lowest BCUT2D eigenvalue weighted by molar-refractivity contribution is -0.154. The number of carbonyl (C=O) groups is 1. The number of benzene rings is 4. The van der Waals surface area contributed by atoms with Gasteiger partial charge >= 0.3 is 6.16 Å². The Labute approximate surface area is 229 Å². The number of carboxylic acid groups (broad SMARTS) is 1. The zero-order valence-electron chi connectivity index (χ0n) is 21.7. The molecule has 0 bridgehead atoms. The number of β-amino-alcohol motifs (C(OH)–C–C–N with tert-alkyl or cyclic N) is 1. The van der Waals surface area contributed by atoms with Crippen LogP contribution in [0.5, 0.6) is 0 Å². The molecule has 0 amide bonds. The molecule has 0 aromatic heterocycles. The first kappa shape index (κ1) is 26.6. The van der Waals surface area contributed by atoms with Crippen molar-refractivity contribution >= 4 is 6.16 Å². The molecule has 6 heteroatoms. The molecule has 4 aromatic carbocycles. The van der Waals surface area contributed by atoms with Crippen molar-refractivity contribution in [2.75, 3.05) is 19.7 Å². The minimum atomic E-state index is -1.36. The zero-order valence-corrected chi connectivity index (χ0v) is 21.7. The lowest BCUT2D eigenvalue weighted by atomic mass is 9.80. The van der Waals surface area contributed by atoms with Crippen molar-refractivity contribution in [3.8, 4) is 0 Å². The van der Waals surface area contributed by atoms with Gasteiger partial charge in [0.2, 0.25) is 0 Å². The summed E-state index contributed by atoms with van der Waals surface area (Å²) in [5, 5.41) is 20.7. The maximum absolute atomic E-state index is 10.8. The number of hydrogen-bond acceptors (Lipinski definition) is 5. The Morgan fingerprint density at radius 1 is 0.795 bits per heavy atom. The third-order valence-corrected chi connectivity index (χ3v) is 7.41. The van der Waals surface area contributed by atoms with Gasteiger partial charge in [0.05, 0.1) is 19.3 Å². The summed E-state index contributed by atoms with van der Waals surface area (Å²) in [5.74, 6) is -0.0640. The van der Waals surface area contributed by atoms with Gasteiger partial charge in [-0.15, -0.1) is 5.06 Å². The average molecular weight is 524 g/mol. The number of nitrogens with zero attached hydrogens (tertiary/aromatic N) is 1. The second-order valence-corrected chi connectivity index (χ2v) is 9.83. The lowest BCUT2D eigenvalue weighted by Gasteiger charge is -2.36. The first-order chi connectivity index (χ1) is 19.1. The average Bonchev–Trinajstić information content (AvgIpc) is 2.97. The third-order valence-electron chi connectivity index (χ3n) is 7.41. The van der Waals surface area contributed by atoms with Gasteiger partial charge in [0.25, 0.3) is 0 Å². The number of aliphatic hydroxyl groups is 1. The predicted octanol–water partition coefficient (Wildman–Crippen LogP) is 6.00. The van der Waals surface area contributed by atoms with Gasteiger partial charge < -0.3 is 19.8 Å². The summed E-state index contributed by atoms with van der Waals surface area (Å²) in [6, 6.07) is 39.3. The van der Waals surface area contributed by atoms with Crippen LogP contribution in [-0.2, 0) is 21.6 Å². The van der Waals surface area contributed by atoms with Gasteiger partial charge in [-0.2, -0.15) is 0 Å². The normalized spacial score (nSPS) is 18.0. The topological polar surface area (TPSA) is 79.2 Å².